The maximum atomic E-state index is 3.46. The molecule has 1 saturated heterocycles. The molecule has 2 nitrogen and oxygen atoms in total. The molecule has 1 fully saturated rings. The zero-order valence-corrected chi connectivity index (χ0v) is 11.9. The largest absolute Gasteiger partial charge is 0.310 e. The van der Waals surface area contributed by atoms with E-state index in [1.54, 1.807) is 0 Å². The molecule has 1 aliphatic rings. The van der Waals surface area contributed by atoms with Crippen LogP contribution >= 0.6 is 0 Å². The van der Waals surface area contributed by atoms with Crippen molar-refractivity contribution in [3.63, 3.8) is 0 Å². The van der Waals surface area contributed by atoms with Gasteiger partial charge in [-0.2, -0.15) is 0 Å². The van der Waals surface area contributed by atoms with Gasteiger partial charge in [0.1, 0.15) is 0 Å². The highest BCUT2D eigenvalue weighted by atomic mass is 15.1. The Kier molecular flexibility index (Phi) is 4.79. The minimum atomic E-state index is 0.554. The fraction of sp³-hybridized carbons (Fsp3) is 0.625. The lowest BCUT2D eigenvalue weighted by Gasteiger charge is -2.29. The molecule has 1 aromatic carbocycles. The number of piperidine rings is 1. The standard InChI is InChI=1S/C16H26N2/c1-13(2)17-12-14-4-6-15(7-5-14)16-8-10-18(3)11-9-16/h4-7,13,16-17H,8-12H2,1-3H3. The van der Waals surface area contributed by atoms with Crippen LogP contribution in [0.5, 0.6) is 0 Å². The molecule has 2 heteroatoms. The van der Waals surface area contributed by atoms with Gasteiger partial charge in [-0.05, 0) is 50.0 Å². The highest BCUT2D eigenvalue weighted by Gasteiger charge is 2.17. The Labute approximate surface area is 111 Å². The van der Waals surface area contributed by atoms with Crippen molar-refractivity contribution in [2.24, 2.45) is 0 Å². The second kappa shape index (κ2) is 6.35. The van der Waals surface area contributed by atoms with Gasteiger partial charge in [0.15, 0.2) is 0 Å². The average molecular weight is 246 g/mol. The van der Waals surface area contributed by atoms with Crippen LogP contribution in [0.25, 0.3) is 0 Å². The van der Waals surface area contributed by atoms with Crippen LogP contribution in [0.15, 0.2) is 24.3 Å². The Hall–Kier alpha value is -0.860. The number of likely N-dealkylation sites (tertiary alicyclic amines) is 1. The van der Waals surface area contributed by atoms with Gasteiger partial charge in [0, 0.05) is 12.6 Å². The summed E-state index contributed by atoms with van der Waals surface area (Å²) in [6.07, 6.45) is 2.61. The lowest BCUT2D eigenvalue weighted by atomic mass is 9.89. The molecule has 0 spiro atoms. The monoisotopic (exact) mass is 246 g/mol. The number of nitrogens with zero attached hydrogens (tertiary/aromatic N) is 1. The van der Waals surface area contributed by atoms with Crippen molar-refractivity contribution in [1.82, 2.24) is 10.2 Å². The molecule has 1 aliphatic heterocycles. The number of benzene rings is 1. The minimum absolute atomic E-state index is 0.554. The Morgan fingerprint density at radius 2 is 1.78 bits per heavy atom. The maximum absolute atomic E-state index is 3.46. The van der Waals surface area contributed by atoms with E-state index in [4.69, 9.17) is 0 Å². The van der Waals surface area contributed by atoms with Crippen molar-refractivity contribution in [2.75, 3.05) is 20.1 Å². The van der Waals surface area contributed by atoms with E-state index in [0.29, 0.717) is 6.04 Å². The van der Waals surface area contributed by atoms with E-state index < -0.39 is 0 Å². The molecule has 0 radical (unpaired) electrons. The normalized spacial score (nSPS) is 18.4. The summed E-state index contributed by atoms with van der Waals surface area (Å²) in [5.41, 5.74) is 2.91. The van der Waals surface area contributed by atoms with Gasteiger partial charge in [-0.15, -0.1) is 0 Å². The molecule has 2 rings (SSSR count). The lowest BCUT2D eigenvalue weighted by molar-refractivity contribution is 0.255. The third-order valence-corrected chi connectivity index (χ3v) is 3.88. The highest BCUT2D eigenvalue weighted by Crippen LogP contribution is 2.27. The van der Waals surface area contributed by atoms with Gasteiger partial charge in [-0.1, -0.05) is 38.1 Å². The lowest BCUT2D eigenvalue weighted by Crippen LogP contribution is -2.29. The molecule has 0 atom stereocenters. The summed E-state index contributed by atoms with van der Waals surface area (Å²) in [5, 5.41) is 3.46. The minimum Gasteiger partial charge on any atom is -0.310 e. The van der Waals surface area contributed by atoms with Crippen molar-refractivity contribution in [3.8, 4) is 0 Å². The van der Waals surface area contributed by atoms with Crippen LogP contribution in [-0.2, 0) is 6.54 Å². The Morgan fingerprint density at radius 3 is 2.33 bits per heavy atom. The van der Waals surface area contributed by atoms with Crippen molar-refractivity contribution >= 4 is 0 Å². The van der Waals surface area contributed by atoms with Crippen LogP contribution in [0.2, 0.25) is 0 Å². The number of rotatable bonds is 4. The molecule has 0 amide bonds. The van der Waals surface area contributed by atoms with Gasteiger partial charge in [0.2, 0.25) is 0 Å². The van der Waals surface area contributed by atoms with Gasteiger partial charge in [-0.3, -0.25) is 0 Å². The van der Waals surface area contributed by atoms with Crippen molar-refractivity contribution in [1.29, 1.82) is 0 Å². The molecule has 1 aromatic rings. The first-order valence-electron chi connectivity index (χ1n) is 7.16. The molecule has 18 heavy (non-hydrogen) atoms. The van der Waals surface area contributed by atoms with E-state index in [1.165, 1.54) is 37.1 Å². The van der Waals surface area contributed by atoms with E-state index in [-0.39, 0.29) is 0 Å². The maximum Gasteiger partial charge on any atom is 0.0207 e. The summed E-state index contributed by atoms with van der Waals surface area (Å²) in [7, 11) is 2.22. The van der Waals surface area contributed by atoms with Crippen molar-refractivity contribution < 1.29 is 0 Å². The Morgan fingerprint density at radius 1 is 1.17 bits per heavy atom. The van der Waals surface area contributed by atoms with Gasteiger partial charge in [0.25, 0.3) is 0 Å². The molecule has 1 heterocycles. The zero-order chi connectivity index (χ0) is 13.0. The molecule has 100 valence electrons. The molecular weight excluding hydrogens is 220 g/mol. The fourth-order valence-electron chi connectivity index (χ4n) is 2.57. The SMILES string of the molecule is CC(C)NCc1ccc(C2CCN(C)CC2)cc1. The number of hydrogen-bond donors (Lipinski definition) is 1. The Balaban J connectivity index is 1.91. The van der Waals surface area contributed by atoms with Gasteiger partial charge >= 0.3 is 0 Å². The summed E-state index contributed by atoms with van der Waals surface area (Å²) in [6.45, 7) is 7.83. The van der Waals surface area contributed by atoms with Gasteiger partial charge < -0.3 is 10.2 Å². The summed E-state index contributed by atoms with van der Waals surface area (Å²) >= 11 is 0. The van der Waals surface area contributed by atoms with Crippen LogP contribution in [0.4, 0.5) is 0 Å². The van der Waals surface area contributed by atoms with Gasteiger partial charge in [0.05, 0.1) is 0 Å². The van der Waals surface area contributed by atoms with E-state index in [0.717, 1.165) is 12.5 Å². The molecule has 0 unspecified atom stereocenters. The second-order valence-electron chi connectivity index (χ2n) is 5.85. The highest BCUT2D eigenvalue weighted by molar-refractivity contribution is 5.25. The summed E-state index contributed by atoms with van der Waals surface area (Å²) in [6, 6.07) is 9.77. The zero-order valence-electron chi connectivity index (χ0n) is 11.9. The summed E-state index contributed by atoms with van der Waals surface area (Å²) in [5.74, 6) is 0.772. The third-order valence-electron chi connectivity index (χ3n) is 3.88. The first-order chi connectivity index (χ1) is 8.65. The molecule has 0 bridgehead atoms. The van der Waals surface area contributed by atoms with Crippen LogP contribution in [0.1, 0.15) is 43.7 Å². The predicted molar refractivity (Wildman–Crippen MR) is 77.9 cm³/mol. The quantitative estimate of drug-likeness (QED) is 0.878. The topological polar surface area (TPSA) is 15.3 Å². The van der Waals surface area contributed by atoms with E-state index in [1.807, 2.05) is 0 Å². The number of nitrogens with one attached hydrogen (secondary N) is 1. The summed E-state index contributed by atoms with van der Waals surface area (Å²) < 4.78 is 0. The molecule has 1 N–H and O–H groups in total. The van der Waals surface area contributed by atoms with Crippen LogP contribution in [0, 0.1) is 0 Å². The van der Waals surface area contributed by atoms with Crippen molar-refractivity contribution in [2.45, 2.75) is 45.2 Å². The van der Waals surface area contributed by atoms with Gasteiger partial charge in [-0.25, -0.2) is 0 Å². The molecular formula is C16H26N2. The van der Waals surface area contributed by atoms with Crippen LogP contribution < -0.4 is 5.32 Å². The van der Waals surface area contributed by atoms with E-state index in [9.17, 15) is 0 Å². The van der Waals surface area contributed by atoms with Crippen LogP contribution in [-0.4, -0.2) is 31.1 Å². The third kappa shape index (κ3) is 3.82. The molecule has 0 saturated carbocycles. The Bertz CT molecular complexity index is 348. The fourth-order valence-corrected chi connectivity index (χ4v) is 2.57. The van der Waals surface area contributed by atoms with Crippen LogP contribution in [0.3, 0.4) is 0 Å². The second-order valence-corrected chi connectivity index (χ2v) is 5.85. The first-order valence-corrected chi connectivity index (χ1v) is 7.16. The van der Waals surface area contributed by atoms with E-state index in [2.05, 4.69) is 55.4 Å². The number of hydrogen-bond acceptors (Lipinski definition) is 2. The molecule has 0 aliphatic carbocycles. The van der Waals surface area contributed by atoms with Crippen molar-refractivity contribution in [3.05, 3.63) is 35.4 Å². The molecule has 0 aromatic heterocycles. The smallest absolute Gasteiger partial charge is 0.0207 e. The first kappa shape index (κ1) is 13.6. The predicted octanol–water partition coefficient (Wildman–Crippen LogP) is 2.99. The summed E-state index contributed by atoms with van der Waals surface area (Å²) in [4.78, 5) is 2.43. The van der Waals surface area contributed by atoms with E-state index >= 15 is 0 Å². The average Bonchev–Trinajstić information content (AvgIpc) is 2.38.